The van der Waals surface area contributed by atoms with Gasteiger partial charge in [-0.2, -0.15) is 11.8 Å². The fourth-order valence-corrected chi connectivity index (χ4v) is 2.70. The summed E-state index contributed by atoms with van der Waals surface area (Å²) < 4.78 is 18.6. The van der Waals surface area contributed by atoms with Crippen LogP contribution in [0.5, 0.6) is 0 Å². The molecule has 0 fully saturated rings. The Morgan fingerprint density at radius 1 is 1.19 bits per heavy atom. The van der Waals surface area contributed by atoms with Gasteiger partial charge in [-0.3, -0.25) is 4.99 Å². The number of hydrogen-bond donors (Lipinski definition) is 3. The van der Waals surface area contributed by atoms with Crippen molar-refractivity contribution in [3.8, 4) is 0 Å². The van der Waals surface area contributed by atoms with Crippen molar-refractivity contribution in [1.82, 2.24) is 16.0 Å². The van der Waals surface area contributed by atoms with E-state index in [1.807, 2.05) is 27.0 Å². The monoisotopic (exact) mass is 384 g/mol. The molecule has 0 radical (unpaired) electrons. The molecule has 0 aliphatic heterocycles. The molecule has 0 bridgehead atoms. The first-order valence-corrected chi connectivity index (χ1v) is 9.82. The first-order valence-electron chi connectivity index (χ1n) is 8.42. The van der Waals surface area contributed by atoms with Gasteiger partial charge in [0.1, 0.15) is 11.4 Å². The lowest BCUT2D eigenvalue weighted by atomic mass is 10.1. The number of hydrogen-bond acceptors (Lipinski definition) is 4. The predicted octanol–water partition coefficient (Wildman–Crippen LogP) is 2.88. The number of nitrogens with zero attached hydrogens (tertiary/aromatic N) is 1. The second-order valence-electron chi connectivity index (χ2n) is 6.63. The molecule has 0 aliphatic carbocycles. The van der Waals surface area contributed by atoms with Crippen molar-refractivity contribution in [2.75, 3.05) is 26.4 Å². The second kappa shape index (κ2) is 10.9. The highest BCUT2D eigenvalue weighted by Gasteiger charge is 2.15. The number of thioether (sulfide) groups is 1. The van der Waals surface area contributed by atoms with Crippen molar-refractivity contribution >= 4 is 23.8 Å². The third-order valence-corrected chi connectivity index (χ3v) is 3.82. The van der Waals surface area contributed by atoms with Crippen LogP contribution < -0.4 is 16.0 Å². The van der Waals surface area contributed by atoms with Crippen LogP contribution in [0.15, 0.2) is 23.2 Å². The number of benzene rings is 1. The third kappa shape index (κ3) is 8.94. The molecule has 3 N–H and O–H groups in total. The summed E-state index contributed by atoms with van der Waals surface area (Å²) in [6, 6.07) is 4.81. The number of nitrogens with one attached hydrogen (secondary N) is 3. The molecule has 6 nitrogen and oxygen atoms in total. The summed E-state index contributed by atoms with van der Waals surface area (Å²) in [6.07, 6.45) is 1.54. The lowest BCUT2D eigenvalue weighted by Crippen LogP contribution is -2.42. The topological polar surface area (TPSA) is 74.8 Å². The van der Waals surface area contributed by atoms with E-state index in [1.165, 1.54) is 6.07 Å². The van der Waals surface area contributed by atoms with Crippen LogP contribution in [0.2, 0.25) is 0 Å². The molecule has 8 heteroatoms. The van der Waals surface area contributed by atoms with Crippen molar-refractivity contribution < 1.29 is 13.9 Å². The number of rotatable bonds is 7. The van der Waals surface area contributed by atoms with E-state index in [0.717, 1.165) is 16.9 Å². The van der Waals surface area contributed by atoms with Gasteiger partial charge in [0.05, 0.1) is 0 Å². The molecule has 0 spiro atoms. The van der Waals surface area contributed by atoms with Crippen molar-refractivity contribution in [2.24, 2.45) is 4.99 Å². The van der Waals surface area contributed by atoms with Crippen LogP contribution in [0.3, 0.4) is 0 Å². The van der Waals surface area contributed by atoms with Gasteiger partial charge in [0.2, 0.25) is 0 Å². The maximum Gasteiger partial charge on any atom is 0.407 e. The number of alkyl carbamates (subject to hydrolysis) is 1. The fraction of sp³-hybridized carbons (Fsp3) is 0.556. The number of amides is 1. The normalized spacial score (nSPS) is 11.8. The molecule has 0 saturated heterocycles. The van der Waals surface area contributed by atoms with Crippen LogP contribution >= 0.6 is 11.8 Å². The van der Waals surface area contributed by atoms with Gasteiger partial charge < -0.3 is 20.7 Å². The summed E-state index contributed by atoms with van der Waals surface area (Å²) in [5, 5.41) is 8.98. The zero-order valence-electron chi connectivity index (χ0n) is 16.1. The fourth-order valence-electron chi connectivity index (χ4n) is 2.12. The minimum absolute atomic E-state index is 0.228. The van der Waals surface area contributed by atoms with Crippen molar-refractivity contribution in [2.45, 2.75) is 38.7 Å². The Labute approximate surface area is 159 Å². The third-order valence-electron chi connectivity index (χ3n) is 3.22. The summed E-state index contributed by atoms with van der Waals surface area (Å²) in [5.41, 5.74) is 1.47. The molecule has 1 aromatic carbocycles. The lowest BCUT2D eigenvalue weighted by molar-refractivity contribution is 0.0529. The smallest absolute Gasteiger partial charge is 0.407 e. The van der Waals surface area contributed by atoms with Gasteiger partial charge in [-0.1, -0.05) is 6.07 Å². The maximum absolute atomic E-state index is 13.4. The minimum Gasteiger partial charge on any atom is -0.444 e. The highest BCUT2D eigenvalue weighted by molar-refractivity contribution is 7.97. The van der Waals surface area contributed by atoms with Crippen LogP contribution in [0, 0.1) is 5.82 Å². The number of guanidine groups is 1. The summed E-state index contributed by atoms with van der Waals surface area (Å²) in [5.74, 6) is 1.13. The van der Waals surface area contributed by atoms with Crippen molar-refractivity contribution in [3.63, 3.8) is 0 Å². The number of carbonyl (C=O) groups excluding carboxylic acids is 1. The van der Waals surface area contributed by atoms with Crippen molar-refractivity contribution in [3.05, 3.63) is 35.1 Å². The molecule has 0 aromatic heterocycles. The second-order valence-corrected chi connectivity index (χ2v) is 7.49. The highest BCUT2D eigenvalue weighted by atomic mass is 32.2. The minimum atomic E-state index is -0.515. The van der Waals surface area contributed by atoms with Gasteiger partial charge in [0.25, 0.3) is 0 Å². The zero-order valence-corrected chi connectivity index (χ0v) is 16.9. The molecule has 146 valence electrons. The van der Waals surface area contributed by atoms with E-state index < -0.39 is 11.7 Å². The van der Waals surface area contributed by atoms with Gasteiger partial charge in [0, 0.05) is 32.4 Å². The van der Waals surface area contributed by atoms with Gasteiger partial charge >= 0.3 is 6.09 Å². The Balaban J connectivity index is 2.41. The average Bonchev–Trinajstić information content (AvgIpc) is 2.54. The molecule has 1 amide bonds. The Kier molecular flexibility index (Phi) is 9.26. The summed E-state index contributed by atoms with van der Waals surface area (Å²) in [7, 11) is 1.67. The lowest BCUT2D eigenvalue weighted by Gasteiger charge is -2.20. The maximum atomic E-state index is 13.4. The van der Waals surface area contributed by atoms with E-state index >= 15 is 0 Å². The molecule has 0 unspecified atom stereocenters. The first-order chi connectivity index (χ1) is 12.2. The van der Waals surface area contributed by atoms with E-state index in [1.54, 1.807) is 30.9 Å². The van der Waals surface area contributed by atoms with Crippen LogP contribution in [0.4, 0.5) is 9.18 Å². The molecule has 0 saturated carbocycles. The standard InChI is InChI=1S/C18H29FN4O2S/c1-18(2,3)25-17(24)22-9-8-21-16(20-4)23-11-13-6-7-15(19)10-14(13)12-26-5/h6-7,10H,8-9,11-12H2,1-5H3,(H,22,24)(H2,20,21,23). The quantitative estimate of drug-likeness (QED) is 0.383. The van der Waals surface area contributed by atoms with Crippen molar-refractivity contribution in [1.29, 1.82) is 0 Å². The Morgan fingerprint density at radius 2 is 1.88 bits per heavy atom. The van der Waals surface area contributed by atoms with E-state index in [-0.39, 0.29) is 5.82 Å². The Hall–Kier alpha value is -1.96. The number of aliphatic imine (C=N–C) groups is 1. The number of carbonyl (C=O) groups is 1. The molecular formula is C18H29FN4O2S. The first kappa shape index (κ1) is 22.1. The van der Waals surface area contributed by atoms with E-state index in [4.69, 9.17) is 4.74 Å². The summed E-state index contributed by atoms with van der Waals surface area (Å²) in [4.78, 5) is 15.7. The van der Waals surface area contributed by atoms with Gasteiger partial charge in [-0.25, -0.2) is 9.18 Å². The van der Waals surface area contributed by atoms with Crippen LogP contribution in [0.25, 0.3) is 0 Å². The average molecular weight is 385 g/mol. The summed E-state index contributed by atoms with van der Waals surface area (Å²) >= 11 is 1.65. The predicted molar refractivity (Wildman–Crippen MR) is 106 cm³/mol. The molecule has 0 atom stereocenters. The van der Waals surface area contributed by atoms with E-state index in [9.17, 15) is 9.18 Å². The van der Waals surface area contributed by atoms with Gasteiger partial charge in [-0.05, 0) is 50.3 Å². The molecule has 0 heterocycles. The number of ether oxygens (including phenoxy) is 1. The van der Waals surface area contributed by atoms with Gasteiger partial charge in [-0.15, -0.1) is 0 Å². The van der Waals surface area contributed by atoms with Crippen LogP contribution in [0.1, 0.15) is 31.9 Å². The number of halogens is 1. The van der Waals surface area contributed by atoms with E-state index in [2.05, 4.69) is 20.9 Å². The molecule has 26 heavy (non-hydrogen) atoms. The Bertz CT molecular complexity index is 618. The molecule has 1 rings (SSSR count). The van der Waals surface area contributed by atoms with Crippen LogP contribution in [-0.4, -0.2) is 44.0 Å². The highest BCUT2D eigenvalue weighted by Crippen LogP contribution is 2.16. The largest absolute Gasteiger partial charge is 0.444 e. The molecule has 1 aromatic rings. The molecule has 0 aliphatic rings. The molecular weight excluding hydrogens is 355 g/mol. The van der Waals surface area contributed by atoms with Gasteiger partial charge in [0.15, 0.2) is 5.96 Å². The van der Waals surface area contributed by atoms with Crippen LogP contribution in [-0.2, 0) is 17.0 Å². The zero-order chi connectivity index (χ0) is 19.6. The summed E-state index contributed by atoms with van der Waals surface area (Å²) in [6.45, 7) is 6.89. The Morgan fingerprint density at radius 3 is 2.50 bits per heavy atom. The SMILES string of the molecule is CN=C(NCCNC(=O)OC(C)(C)C)NCc1ccc(F)cc1CSC. The van der Waals surface area contributed by atoms with E-state index in [0.29, 0.717) is 25.6 Å².